The largest absolute Gasteiger partial charge is 0.463 e. The van der Waals surface area contributed by atoms with Crippen LogP contribution in [0.4, 0.5) is 0 Å². The SMILES string of the molecule is OC1=[n+]2ccncc2=CC1. The van der Waals surface area contributed by atoms with Gasteiger partial charge in [-0.25, -0.2) is 0 Å². The summed E-state index contributed by atoms with van der Waals surface area (Å²) in [6, 6.07) is 0. The molecule has 0 radical (unpaired) electrons. The molecule has 1 N–H and O–H groups in total. The van der Waals surface area contributed by atoms with Crippen molar-refractivity contribution in [2.45, 2.75) is 6.42 Å². The minimum absolute atomic E-state index is 0.373. The van der Waals surface area contributed by atoms with Crippen LogP contribution in [-0.2, 0) is 0 Å². The number of nitrogens with zero attached hydrogens (tertiary/aromatic N) is 2. The molecule has 10 heavy (non-hydrogen) atoms. The first-order chi connectivity index (χ1) is 4.88. The van der Waals surface area contributed by atoms with Crippen LogP contribution >= 0.6 is 0 Å². The van der Waals surface area contributed by atoms with Gasteiger partial charge in [-0.1, -0.05) is 0 Å². The van der Waals surface area contributed by atoms with Crippen molar-refractivity contribution < 1.29 is 9.35 Å². The van der Waals surface area contributed by atoms with Gasteiger partial charge in [-0.3, -0.25) is 4.98 Å². The molecule has 0 saturated heterocycles. The Morgan fingerprint density at radius 3 is 3.30 bits per heavy atom. The standard InChI is InChI=1S/C7H6N2O/c10-7-2-1-6-5-8-3-4-9(6)7/h1,3-5H,2H2/p+1. The summed E-state index contributed by atoms with van der Waals surface area (Å²) in [7, 11) is 0. The Bertz CT molecular complexity index is 369. The van der Waals surface area contributed by atoms with Crippen molar-refractivity contribution in [1.29, 1.82) is 0 Å². The van der Waals surface area contributed by atoms with Crippen LogP contribution in [0.1, 0.15) is 6.42 Å². The maximum absolute atomic E-state index is 9.20. The molecule has 0 aliphatic carbocycles. The Morgan fingerprint density at radius 2 is 2.50 bits per heavy atom. The van der Waals surface area contributed by atoms with Gasteiger partial charge in [-0.2, -0.15) is 0 Å². The molecule has 0 unspecified atom stereocenters. The fourth-order valence-corrected chi connectivity index (χ4v) is 1.05. The number of aliphatic hydroxyl groups excluding tert-OH is 1. The van der Waals surface area contributed by atoms with Gasteiger partial charge in [0.15, 0.2) is 6.20 Å². The van der Waals surface area contributed by atoms with Crippen molar-refractivity contribution in [2.75, 3.05) is 0 Å². The lowest BCUT2D eigenvalue weighted by Gasteiger charge is -1.77. The van der Waals surface area contributed by atoms with Crippen molar-refractivity contribution >= 4 is 6.08 Å². The predicted molar refractivity (Wildman–Crippen MR) is 34.4 cm³/mol. The number of aromatic nitrogens is 2. The minimum atomic E-state index is 0.373. The summed E-state index contributed by atoms with van der Waals surface area (Å²) >= 11 is 0. The van der Waals surface area contributed by atoms with E-state index in [1.54, 1.807) is 22.8 Å². The first-order valence-corrected chi connectivity index (χ1v) is 3.12. The molecule has 0 atom stereocenters. The van der Waals surface area contributed by atoms with Gasteiger partial charge in [0, 0.05) is 6.08 Å². The lowest BCUT2D eigenvalue weighted by Crippen LogP contribution is -2.36. The highest BCUT2D eigenvalue weighted by atomic mass is 16.3. The van der Waals surface area contributed by atoms with Gasteiger partial charge in [0.2, 0.25) is 5.35 Å². The topological polar surface area (TPSA) is 39.0 Å². The summed E-state index contributed by atoms with van der Waals surface area (Å²) in [5, 5.41) is 10.2. The highest BCUT2D eigenvalue weighted by molar-refractivity contribution is 5.18. The van der Waals surface area contributed by atoms with Gasteiger partial charge >= 0.3 is 5.90 Å². The average Bonchev–Trinajstić information content (AvgIpc) is 2.34. The molecule has 1 aromatic rings. The molecule has 0 spiro atoms. The molecule has 1 aliphatic heterocycles. The molecule has 0 fully saturated rings. The van der Waals surface area contributed by atoms with E-state index in [4.69, 9.17) is 0 Å². The van der Waals surface area contributed by atoms with E-state index in [1.165, 1.54) is 0 Å². The number of hydrogen-bond acceptors (Lipinski definition) is 2. The Morgan fingerprint density at radius 1 is 1.60 bits per heavy atom. The van der Waals surface area contributed by atoms with Crippen molar-refractivity contribution in [3.05, 3.63) is 29.8 Å². The number of hydrogen-bond donors (Lipinski definition) is 1. The van der Waals surface area contributed by atoms with Gasteiger partial charge < -0.3 is 5.11 Å². The number of aliphatic hydroxyl groups is 1. The highest BCUT2D eigenvalue weighted by Gasteiger charge is 2.10. The van der Waals surface area contributed by atoms with Gasteiger partial charge in [0.05, 0.1) is 18.8 Å². The van der Waals surface area contributed by atoms with Crippen molar-refractivity contribution in [1.82, 2.24) is 4.98 Å². The maximum Gasteiger partial charge on any atom is 0.349 e. The van der Waals surface area contributed by atoms with Crippen LogP contribution in [0.5, 0.6) is 0 Å². The lowest BCUT2D eigenvalue weighted by molar-refractivity contribution is -0.554. The molecule has 1 aromatic heterocycles. The average molecular weight is 135 g/mol. The third-order valence-electron chi connectivity index (χ3n) is 1.56. The Balaban J connectivity index is 2.96. The normalized spacial score (nSPS) is 14.6. The highest BCUT2D eigenvalue weighted by Crippen LogP contribution is 1.90. The van der Waals surface area contributed by atoms with E-state index in [0.717, 1.165) is 5.35 Å². The first-order valence-electron chi connectivity index (χ1n) is 3.12. The van der Waals surface area contributed by atoms with Crippen LogP contribution in [0.2, 0.25) is 0 Å². The van der Waals surface area contributed by atoms with Gasteiger partial charge in [0.1, 0.15) is 0 Å². The smallest absolute Gasteiger partial charge is 0.349 e. The van der Waals surface area contributed by atoms with Gasteiger partial charge in [0.25, 0.3) is 0 Å². The summed E-state index contributed by atoms with van der Waals surface area (Å²) in [4.78, 5) is 3.91. The van der Waals surface area contributed by atoms with E-state index in [0.29, 0.717) is 12.3 Å². The summed E-state index contributed by atoms with van der Waals surface area (Å²) in [6.45, 7) is 0. The van der Waals surface area contributed by atoms with E-state index in [2.05, 4.69) is 4.98 Å². The molecule has 0 bridgehead atoms. The number of rotatable bonds is 0. The predicted octanol–water partition coefficient (Wildman–Crippen LogP) is -0.551. The summed E-state index contributed by atoms with van der Waals surface area (Å²) in [5.41, 5.74) is 0. The van der Waals surface area contributed by atoms with Crippen LogP contribution in [0, 0.1) is 5.90 Å². The van der Waals surface area contributed by atoms with Crippen molar-refractivity contribution in [2.24, 2.45) is 0 Å². The monoisotopic (exact) mass is 135 g/mol. The van der Waals surface area contributed by atoms with Crippen LogP contribution in [0.3, 0.4) is 0 Å². The van der Waals surface area contributed by atoms with Crippen molar-refractivity contribution in [3.8, 4) is 0 Å². The van der Waals surface area contributed by atoms with Crippen LogP contribution < -0.4 is 9.59 Å². The van der Waals surface area contributed by atoms with Gasteiger partial charge in [-0.05, 0) is 0 Å². The van der Waals surface area contributed by atoms with E-state index >= 15 is 0 Å². The van der Waals surface area contributed by atoms with Crippen LogP contribution in [-0.4, -0.2) is 10.1 Å². The molecule has 1 aliphatic rings. The number of fused-ring (bicyclic) bond motifs is 1. The summed E-state index contributed by atoms with van der Waals surface area (Å²) in [5.74, 6) is 0.373. The summed E-state index contributed by atoms with van der Waals surface area (Å²) < 4.78 is 1.72. The molecule has 0 amide bonds. The second kappa shape index (κ2) is 1.80. The van der Waals surface area contributed by atoms with E-state index in [1.807, 2.05) is 6.08 Å². The Kier molecular flexibility index (Phi) is 0.974. The molecule has 3 nitrogen and oxygen atoms in total. The third kappa shape index (κ3) is 0.603. The summed E-state index contributed by atoms with van der Waals surface area (Å²) in [6.07, 6.45) is 7.67. The lowest BCUT2D eigenvalue weighted by atomic mass is 10.4. The molecule has 0 saturated carbocycles. The van der Waals surface area contributed by atoms with Crippen LogP contribution in [0.15, 0.2) is 18.6 Å². The quantitative estimate of drug-likeness (QED) is 0.485. The molecule has 50 valence electrons. The van der Waals surface area contributed by atoms with Gasteiger partial charge in [-0.15, -0.1) is 4.24 Å². The minimum Gasteiger partial charge on any atom is -0.463 e. The molecule has 2 heterocycles. The molecular weight excluding hydrogens is 128 g/mol. The molecule has 3 heteroatoms. The second-order valence-corrected chi connectivity index (χ2v) is 2.20. The Hall–Kier alpha value is -1.38. The maximum atomic E-state index is 9.20. The third-order valence-corrected chi connectivity index (χ3v) is 1.56. The van der Waals surface area contributed by atoms with E-state index < -0.39 is 0 Å². The van der Waals surface area contributed by atoms with E-state index in [9.17, 15) is 5.11 Å². The van der Waals surface area contributed by atoms with E-state index in [-0.39, 0.29) is 0 Å². The zero-order chi connectivity index (χ0) is 6.97. The second-order valence-electron chi connectivity index (χ2n) is 2.20. The fraction of sp³-hybridized carbons (Fsp3) is 0.143. The zero-order valence-corrected chi connectivity index (χ0v) is 5.36. The molecular formula is C7H7N2O+. The fourth-order valence-electron chi connectivity index (χ4n) is 1.05. The first kappa shape index (κ1) is 5.41. The van der Waals surface area contributed by atoms with Crippen molar-refractivity contribution in [3.63, 3.8) is 0 Å². The Labute approximate surface area is 57.6 Å². The zero-order valence-electron chi connectivity index (χ0n) is 5.36. The van der Waals surface area contributed by atoms with Crippen LogP contribution in [0.25, 0.3) is 6.08 Å². The molecule has 2 rings (SSSR count). The molecule has 0 aromatic carbocycles.